The van der Waals surface area contributed by atoms with Crippen LogP contribution >= 0.6 is 23.1 Å². The molecule has 0 atom stereocenters. The molecule has 0 aliphatic heterocycles. The Labute approximate surface area is 166 Å². The molecule has 0 fully saturated rings. The fraction of sp³-hybridized carbons (Fsp3) is 0.235. The lowest BCUT2D eigenvalue weighted by Gasteiger charge is -2.06. The standard InChI is InChI=1S/C17H15N7O2S2/c1-3-23-14(11-5-4-7-26-11)19-21-17(23)28-9-12-18-20-16-22(2)15(25)13-10(24(12)16)6-8-27-13/h4-8H,3,9H2,1-2H3. The van der Waals surface area contributed by atoms with Crippen LogP contribution in [0, 0.1) is 0 Å². The third kappa shape index (κ3) is 2.50. The number of aryl methyl sites for hydroxylation is 1. The molecule has 5 heterocycles. The Morgan fingerprint density at radius 3 is 2.89 bits per heavy atom. The van der Waals surface area contributed by atoms with Crippen LogP contribution in [-0.4, -0.2) is 33.9 Å². The maximum atomic E-state index is 12.4. The maximum Gasteiger partial charge on any atom is 0.272 e. The van der Waals surface area contributed by atoms with E-state index in [-0.39, 0.29) is 5.56 Å². The first-order valence-corrected chi connectivity index (χ1v) is 10.5. The molecule has 0 aliphatic carbocycles. The minimum atomic E-state index is -0.0575. The first-order chi connectivity index (χ1) is 13.7. The first-order valence-electron chi connectivity index (χ1n) is 8.59. The summed E-state index contributed by atoms with van der Waals surface area (Å²) in [4.78, 5) is 12.4. The molecule has 0 amide bonds. The van der Waals surface area contributed by atoms with Crippen LogP contribution < -0.4 is 5.56 Å². The molecular weight excluding hydrogens is 398 g/mol. The van der Waals surface area contributed by atoms with E-state index in [1.807, 2.05) is 39.5 Å². The molecular formula is C17H15N7O2S2. The van der Waals surface area contributed by atoms with E-state index in [0.29, 0.717) is 27.8 Å². The molecule has 0 saturated heterocycles. The van der Waals surface area contributed by atoms with E-state index in [9.17, 15) is 4.79 Å². The number of nitrogens with zero attached hydrogens (tertiary/aromatic N) is 7. The largest absolute Gasteiger partial charge is 0.461 e. The highest BCUT2D eigenvalue weighted by atomic mass is 32.2. The maximum absolute atomic E-state index is 12.4. The second-order valence-electron chi connectivity index (χ2n) is 6.07. The Bertz CT molecular complexity index is 1340. The molecule has 5 aromatic heterocycles. The Kier molecular flexibility index (Phi) is 4.05. The molecule has 0 aliphatic rings. The van der Waals surface area contributed by atoms with Gasteiger partial charge in [-0.15, -0.1) is 31.7 Å². The van der Waals surface area contributed by atoms with Crippen molar-refractivity contribution in [3.05, 3.63) is 46.0 Å². The summed E-state index contributed by atoms with van der Waals surface area (Å²) in [5.41, 5.74) is 0.773. The van der Waals surface area contributed by atoms with E-state index in [1.165, 1.54) is 27.7 Å². The van der Waals surface area contributed by atoms with Gasteiger partial charge < -0.3 is 4.42 Å². The van der Waals surface area contributed by atoms with E-state index in [2.05, 4.69) is 20.4 Å². The van der Waals surface area contributed by atoms with Crippen LogP contribution in [-0.2, 0) is 19.3 Å². The fourth-order valence-corrected chi connectivity index (χ4v) is 4.91. The van der Waals surface area contributed by atoms with Gasteiger partial charge in [0.05, 0.1) is 17.5 Å². The lowest BCUT2D eigenvalue weighted by atomic mass is 10.4. The molecule has 142 valence electrons. The number of hydrogen-bond acceptors (Lipinski definition) is 8. The summed E-state index contributed by atoms with van der Waals surface area (Å²) < 4.78 is 11.6. The fourth-order valence-electron chi connectivity index (χ4n) is 3.14. The topological polar surface area (TPSA) is 96.0 Å². The van der Waals surface area contributed by atoms with E-state index < -0.39 is 0 Å². The van der Waals surface area contributed by atoms with Gasteiger partial charge >= 0.3 is 0 Å². The van der Waals surface area contributed by atoms with Gasteiger partial charge in [-0.05, 0) is 30.5 Å². The van der Waals surface area contributed by atoms with Crippen molar-refractivity contribution in [3.8, 4) is 11.6 Å². The van der Waals surface area contributed by atoms with E-state index in [4.69, 9.17) is 4.42 Å². The minimum Gasteiger partial charge on any atom is -0.461 e. The molecule has 0 spiro atoms. The molecule has 0 N–H and O–H groups in total. The normalized spacial score (nSPS) is 11.8. The van der Waals surface area contributed by atoms with Gasteiger partial charge in [0.2, 0.25) is 5.78 Å². The highest BCUT2D eigenvalue weighted by Gasteiger charge is 2.19. The van der Waals surface area contributed by atoms with Crippen LogP contribution in [0.4, 0.5) is 0 Å². The van der Waals surface area contributed by atoms with Crippen LogP contribution in [0.2, 0.25) is 0 Å². The van der Waals surface area contributed by atoms with E-state index >= 15 is 0 Å². The number of rotatable bonds is 5. The van der Waals surface area contributed by atoms with Crippen LogP contribution in [0.1, 0.15) is 12.7 Å². The van der Waals surface area contributed by atoms with E-state index in [0.717, 1.165) is 23.0 Å². The van der Waals surface area contributed by atoms with Crippen molar-refractivity contribution in [2.24, 2.45) is 7.05 Å². The Morgan fingerprint density at radius 2 is 2.11 bits per heavy atom. The lowest BCUT2D eigenvalue weighted by molar-refractivity contribution is 0.567. The second kappa shape index (κ2) is 6.60. The molecule has 0 unspecified atom stereocenters. The third-order valence-corrected chi connectivity index (χ3v) is 6.36. The first kappa shape index (κ1) is 17.2. The van der Waals surface area contributed by atoms with Crippen molar-refractivity contribution in [1.29, 1.82) is 0 Å². The molecule has 0 aromatic carbocycles. The number of furan rings is 1. The van der Waals surface area contributed by atoms with E-state index in [1.54, 1.807) is 13.3 Å². The average molecular weight is 413 g/mol. The zero-order chi connectivity index (χ0) is 19.3. The van der Waals surface area contributed by atoms with Gasteiger partial charge in [-0.3, -0.25) is 18.3 Å². The quantitative estimate of drug-likeness (QED) is 0.409. The van der Waals surface area contributed by atoms with Crippen molar-refractivity contribution in [1.82, 2.24) is 33.9 Å². The molecule has 0 saturated carbocycles. The summed E-state index contributed by atoms with van der Waals surface area (Å²) in [6, 6.07) is 5.62. The predicted octanol–water partition coefficient (Wildman–Crippen LogP) is 2.81. The van der Waals surface area contributed by atoms with Crippen LogP contribution in [0.15, 0.2) is 44.2 Å². The van der Waals surface area contributed by atoms with Crippen LogP contribution in [0.3, 0.4) is 0 Å². The van der Waals surface area contributed by atoms with Crippen molar-refractivity contribution in [2.75, 3.05) is 0 Å². The molecule has 5 rings (SSSR count). The average Bonchev–Trinajstić information content (AvgIpc) is 3.48. The van der Waals surface area contributed by atoms with Gasteiger partial charge in [-0.25, -0.2) is 0 Å². The van der Waals surface area contributed by atoms with Crippen LogP contribution in [0.5, 0.6) is 0 Å². The van der Waals surface area contributed by atoms with Gasteiger partial charge in [0.1, 0.15) is 10.5 Å². The van der Waals surface area contributed by atoms with Crippen LogP contribution in [0.25, 0.3) is 27.6 Å². The summed E-state index contributed by atoms with van der Waals surface area (Å²) in [6.45, 7) is 2.76. The Morgan fingerprint density at radius 1 is 1.21 bits per heavy atom. The van der Waals surface area contributed by atoms with Gasteiger partial charge in [-0.1, -0.05) is 11.8 Å². The summed E-state index contributed by atoms with van der Waals surface area (Å²) in [6.07, 6.45) is 1.62. The molecule has 0 radical (unpaired) electrons. The van der Waals surface area contributed by atoms with Crippen molar-refractivity contribution in [3.63, 3.8) is 0 Å². The Hall–Kier alpha value is -2.92. The zero-order valence-corrected chi connectivity index (χ0v) is 16.7. The molecule has 5 aromatic rings. The summed E-state index contributed by atoms with van der Waals surface area (Å²) >= 11 is 2.95. The summed E-state index contributed by atoms with van der Waals surface area (Å²) in [7, 11) is 1.71. The van der Waals surface area contributed by atoms with Gasteiger partial charge in [0.25, 0.3) is 5.56 Å². The number of thiophene rings is 1. The number of thioether (sulfide) groups is 1. The highest BCUT2D eigenvalue weighted by Crippen LogP contribution is 2.27. The van der Waals surface area contributed by atoms with Crippen molar-refractivity contribution >= 4 is 39.1 Å². The number of aromatic nitrogens is 7. The Balaban J connectivity index is 1.53. The molecule has 11 heteroatoms. The lowest BCUT2D eigenvalue weighted by Crippen LogP contribution is -2.19. The van der Waals surface area contributed by atoms with Crippen molar-refractivity contribution in [2.45, 2.75) is 24.4 Å². The molecule has 9 nitrogen and oxygen atoms in total. The summed E-state index contributed by atoms with van der Waals surface area (Å²) in [5.74, 6) is 3.21. The number of hydrogen-bond donors (Lipinski definition) is 0. The van der Waals surface area contributed by atoms with Gasteiger partial charge in [-0.2, -0.15) is 0 Å². The highest BCUT2D eigenvalue weighted by molar-refractivity contribution is 7.98. The molecule has 0 bridgehead atoms. The monoisotopic (exact) mass is 413 g/mol. The van der Waals surface area contributed by atoms with Crippen molar-refractivity contribution < 1.29 is 4.42 Å². The second-order valence-corrected chi connectivity index (χ2v) is 7.93. The minimum absolute atomic E-state index is 0.0575. The zero-order valence-electron chi connectivity index (χ0n) is 15.1. The number of fused-ring (bicyclic) bond motifs is 3. The van der Waals surface area contributed by atoms with Gasteiger partial charge in [0.15, 0.2) is 16.7 Å². The summed E-state index contributed by atoms with van der Waals surface area (Å²) in [5, 5.41) is 19.8. The third-order valence-electron chi connectivity index (χ3n) is 4.50. The smallest absolute Gasteiger partial charge is 0.272 e. The van der Waals surface area contributed by atoms with Gasteiger partial charge in [0, 0.05) is 13.6 Å². The molecule has 28 heavy (non-hydrogen) atoms. The SMILES string of the molecule is CCn1c(SCc2nnc3n(C)c(=O)c4sccc4n23)nnc1-c1ccco1. The predicted molar refractivity (Wildman–Crippen MR) is 107 cm³/mol.